The van der Waals surface area contributed by atoms with Crippen LogP contribution in [0.1, 0.15) is 68.4 Å². The number of carbonyl (C=O) groups is 1. The van der Waals surface area contributed by atoms with Crippen molar-refractivity contribution in [2.45, 2.75) is 65.1 Å². The average Bonchev–Trinajstić information content (AvgIpc) is 3.50. The number of benzene rings is 1. The molecule has 4 rings (SSSR count). The van der Waals surface area contributed by atoms with Crippen LogP contribution in [0.25, 0.3) is 10.9 Å². The third kappa shape index (κ3) is 3.11. The number of fused-ring (bicyclic) bond motifs is 1. The second-order valence-corrected chi connectivity index (χ2v) is 9.44. The van der Waals surface area contributed by atoms with Crippen molar-refractivity contribution in [3.63, 3.8) is 0 Å². The highest BCUT2D eigenvalue weighted by atomic mass is 19.1. The number of nitrogens with two attached hydrogens (primary N) is 1. The van der Waals surface area contributed by atoms with E-state index in [1.807, 2.05) is 16.4 Å². The van der Waals surface area contributed by atoms with Gasteiger partial charge in [-0.25, -0.2) is 9.18 Å². The number of pyridine rings is 1. The molecule has 1 aromatic carbocycles. The molecule has 0 spiro atoms. The van der Waals surface area contributed by atoms with Crippen LogP contribution in [-0.4, -0.2) is 27.9 Å². The molecule has 2 atom stereocenters. The van der Waals surface area contributed by atoms with Crippen LogP contribution in [0.4, 0.5) is 10.1 Å². The summed E-state index contributed by atoms with van der Waals surface area (Å²) >= 11 is 0. The Labute approximate surface area is 175 Å². The van der Waals surface area contributed by atoms with Gasteiger partial charge in [0.25, 0.3) is 0 Å². The topological polar surface area (TPSA) is 88.6 Å². The molecule has 162 valence electrons. The molecule has 1 saturated heterocycles. The van der Waals surface area contributed by atoms with Gasteiger partial charge in [-0.2, -0.15) is 0 Å². The van der Waals surface area contributed by atoms with Gasteiger partial charge < -0.3 is 20.3 Å². The zero-order valence-electron chi connectivity index (χ0n) is 18.0. The summed E-state index contributed by atoms with van der Waals surface area (Å²) in [6, 6.07) is 1.35. The summed E-state index contributed by atoms with van der Waals surface area (Å²) in [4.78, 5) is 26.4. The number of aromatic carboxylic acids is 1. The first-order chi connectivity index (χ1) is 14.1. The molecule has 2 heterocycles. The minimum Gasteiger partial charge on any atom is -0.477 e. The predicted octanol–water partition coefficient (Wildman–Crippen LogP) is 4.03. The molecule has 1 aliphatic heterocycles. The van der Waals surface area contributed by atoms with Crippen molar-refractivity contribution in [3.8, 4) is 0 Å². The first-order valence-electron chi connectivity index (χ1n) is 10.7. The van der Waals surface area contributed by atoms with Gasteiger partial charge in [0.2, 0.25) is 5.43 Å². The van der Waals surface area contributed by atoms with Crippen LogP contribution in [0.2, 0.25) is 0 Å². The summed E-state index contributed by atoms with van der Waals surface area (Å²) in [6.07, 6.45) is 4.99. The Kier molecular flexibility index (Phi) is 4.92. The standard InChI is InChI=1S/C23H30FN3O3/c1-12(2)23(25)8-7-13(3)10-27(23)20-14(4)19-16(9-18(20)24)21(28)17(22(29)30)11-26(19)15-5-6-15/h9,11-13,15H,5-8,10,25H2,1-4H3,(H,29,30). The number of carboxylic acid groups (broad SMARTS) is 1. The second-order valence-electron chi connectivity index (χ2n) is 9.44. The number of halogens is 1. The van der Waals surface area contributed by atoms with E-state index in [4.69, 9.17) is 5.73 Å². The van der Waals surface area contributed by atoms with Crippen molar-refractivity contribution in [3.05, 3.63) is 39.4 Å². The third-order valence-electron chi connectivity index (χ3n) is 6.95. The quantitative estimate of drug-likeness (QED) is 0.787. The molecule has 7 heteroatoms. The maximum atomic E-state index is 15.6. The van der Waals surface area contributed by atoms with Crippen molar-refractivity contribution in [1.29, 1.82) is 0 Å². The highest BCUT2D eigenvalue weighted by Gasteiger charge is 2.42. The normalized spacial score (nSPS) is 24.6. The zero-order valence-corrected chi connectivity index (χ0v) is 18.0. The lowest BCUT2D eigenvalue weighted by Gasteiger charge is -2.51. The van der Waals surface area contributed by atoms with Gasteiger partial charge in [-0.15, -0.1) is 0 Å². The molecule has 6 nitrogen and oxygen atoms in total. The number of anilines is 1. The molecule has 30 heavy (non-hydrogen) atoms. The van der Waals surface area contributed by atoms with Gasteiger partial charge in [0, 0.05) is 24.2 Å². The number of rotatable bonds is 4. The van der Waals surface area contributed by atoms with Gasteiger partial charge in [-0.3, -0.25) is 4.79 Å². The molecule has 2 aliphatic rings. The van der Waals surface area contributed by atoms with Gasteiger partial charge in [0.15, 0.2) is 0 Å². The molecule has 1 aromatic heterocycles. The Bertz CT molecular complexity index is 1090. The molecule has 2 fully saturated rings. The zero-order chi connectivity index (χ0) is 22.0. The van der Waals surface area contributed by atoms with E-state index in [0.29, 0.717) is 29.2 Å². The number of carboxylic acids is 1. The summed E-state index contributed by atoms with van der Waals surface area (Å²) in [6.45, 7) is 8.70. The van der Waals surface area contributed by atoms with Crippen LogP contribution >= 0.6 is 0 Å². The lowest BCUT2D eigenvalue weighted by molar-refractivity contribution is 0.0695. The fraction of sp³-hybridized carbons (Fsp3) is 0.565. The first kappa shape index (κ1) is 20.8. The van der Waals surface area contributed by atoms with Gasteiger partial charge in [0.05, 0.1) is 16.9 Å². The number of aromatic nitrogens is 1. The Balaban J connectivity index is 2.03. The molecular formula is C23H30FN3O3. The molecule has 2 aromatic rings. The van der Waals surface area contributed by atoms with Crippen molar-refractivity contribution >= 4 is 22.6 Å². The highest BCUT2D eigenvalue weighted by Crippen LogP contribution is 2.43. The average molecular weight is 416 g/mol. The largest absolute Gasteiger partial charge is 0.477 e. The number of aryl methyl sites for hydroxylation is 1. The highest BCUT2D eigenvalue weighted by molar-refractivity contribution is 5.95. The Morgan fingerprint density at radius 2 is 2.00 bits per heavy atom. The molecule has 3 N–H and O–H groups in total. The van der Waals surface area contributed by atoms with Gasteiger partial charge >= 0.3 is 5.97 Å². The molecular weight excluding hydrogens is 385 g/mol. The van der Waals surface area contributed by atoms with Crippen LogP contribution in [0.15, 0.2) is 17.1 Å². The Morgan fingerprint density at radius 3 is 2.57 bits per heavy atom. The summed E-state index contributed by atoms with van der Waals surface area (Å²) < 4.78 is 17.4. The molecule has 0 bridgehead atoms. The summed E-state index contributed by atoms with van der Waals surface area (Å²) in [5.41, 5.74) is 6.90. The van der Waals surface area contributed by atoms with Crippen molar-refractivity contribution in [1.82, 2.24) is 4.57 Å². The monoisotopic (exact) mass is 415 g/mol. The predicted molar refractivity (Wildman–Crippen MR) is 116 cm³/mol. The maximum Gasteiger partial charge on any atom is 0.341 e. The third-order valence-corrected chi connectivity index (χ3v) is 6.95. The Morgan fingerprint density at radius 1 is 1.33 bits per heavy atom. The van der Waals surface area contributed by atoms with E-state index < -0.39 is 22.9 Å². The molecule has 1 saturated carbocycles. The molecule has 0 amide bonds. The van der Waals surface area contributed by atoms with Gasteiger partial charge in [-0.1, -0.05) is 20.8 Å². The first-order valence-corrected chi connectivity index (χ1v) is 10.7. The van der Waals surface area contributed by atoms with Crippen LogP contribution in [0.3, 0.4) is 0 Å². The number of hydrogen-bond acceptors (Lipinski definition) is 4. The van der Waals surface area contributed by atoms with E-state index >= 15 is 4.39 Å². The van der Waals surface area contributed by atoms with Gasteiger partial charge in [-0.05, 0) is 56.1 Å². The van der Waals surface area contributed by atoms with Crippen LogP contribution in [0, 0.1) is 24.6 Å². The fourth-order valence-corrected chi connectivity index (χ4v) is 4.88. The van der Waals surface area contributed by atoms with Crippen LogP contribution in [0.5, 0.6) is 0 Å². The van der Waals surface area contributed by atoms with E-state index in [9.17, 15) is 14.7 Å². The minimum atomic E-state index is -1.29. The van der Waals surface area contributed by atoms with Crippen molar-refractivity contribution in [2.24, 2.45) is 17.6 Å². The number of hydrogen-bond donors (Lipinski definition) is 2. The number of piperidine rings is 1. The van der Waals surface area contributed by atoms with E-state index in [2.05, 4.69) is 20.8 Å². The summed E-state index contributed by atoms with van der Waals surface area (Å²) in [7, 11) is 0. The SMILES string of the molecule is Cc1c(N2CC(C)CCC2(N)C(C)C)c(F)cc2c(=O)c(C(=O)O)cn(C3CC3)c12. The fourth-order valence-electron chi connectivity index (χ4n) is 4.88. The maximum absolute atomic E-state index is 15.6. The minimum absolute atomic E-state index is 0.111. The lowest BCUT2D eigenvalue weighted by atomic mass is 9.81. The molecule has 0 radical (unpaired) electrons. The smallest absolute Gasteiger partial charge is 0.341 e. The van der Waals surface area contributed by atoms with Crippen molar-refractivity contribution in [2.75, 3.05) is 11.4 Å². The lowest BCUT2D eigenvalue weighted by Crippen LogP contribution is -2.64. The molecule has 1 aliphatic carbocycles. The van der Waals surface area contributed by atoms with E-state index in [0.717, 1.165) is 25.7 Å². The van der Waals surface area contributed by atoms with E-state index in [-0.39, 0.29) is 22.9 Å². The summed E-state index contributed by atoms with van der Waals surface area (Å²) in [5, 5.41) is 9.60. The Hall–Kier alpha value is -2.41. The van der Waals surface area contributed by atoms with Gasteiger partial charge in [0.1, 0.15) is 11.4 Å². The van der Waals surface area contributed by atoms with E-state index in [1.54, 1.807) is 0 Å². The van der Waals surface area contributed by atoms with Crippen LogP contribution in [-0.2, 0) is 0 Å². The van der Waals surface area contributed by atoms with E-state index in [1.165, 1.54) is 12.3 Å². The van der Waals surface area contributed by atoms with Crippen LogP contribution < -0.4 is 16.1 Å². The van der Waals surface area contributed by atoms with Crippen molar-refractivity contribution < 1.29 is 14.3 Å². The molecule has 2 unspecified atom stereocenters. The number of nitrogens with zero attached hydrogens (tertiary/aromatic N) is 2. The summed E-state index contributed by atoms with van der Waals surface area (Å²) in [5.74, 6) is -1.33. The second kappa shape index (κ2) is 7.08.